The van der Waals surface area contributed by atoms with Crippen molar-refractivity contribution in [2.24, 2.45) is 5.41 Å². The van der Waals surface area contributed by atoms with Crippen LogP contribution in [0.15, 0.2) is 34.4 Å². The second-order valence-electron chi connectivity index (χ2n) is 9.82. The van der Waals surface area contributed by atoms with Gasteiger partial charge in [-0.1, -0.05) is 30.3 Å². The molecule has 1 aromatic heterocycles. The third-order valence-electron chi connectivity index (χ3n) is 6.70. The molecule has 2 N–H and O–H groups in total. The Labute approximate surface area is 224 Å². The van der Waals surface area contributed by atoms with Crippen LogP contribution >= 0.6 is 23.4 Å². The molecular formula is C26H39ClN6O2S. The Hall–Kier alpha value is -2.07. The third-order valence-corrected chi connectivity index (χ3v) is 8.19. The lowest BCUT2D eigenvalue weighted by atomic mass is 9.78. The number of carbonyl (C=O) groups is 1. The molecule has 1 aliphatic rings. The minimum Gasteiger partial charge on any atom is -0.387 e. The van der Waals surface area contributed by atoms with Gasteiger partial charge < -0.3 is 25.2 Å². The first-order chi connectivity index (χ1) is 17.3. The first-order valence-electron chi connectivity index (χ1n) is 12.4. The molecule has 1 aromatic carbocycles. The Balaban J connectivity index is 1.65. The van der Waals surface area contributed by atoms with Crippen molar-refractivity contribution in [3.8, 4) is 0 Å². The highest BCUT2D eigenvalue weighted by Crippen LogP contribution is 2.38. The Bertz CT molecular complexity index is 997. The zero-order chi connectivity index (χ0) is 26.1. The first-order valence-corrected chi connectivity index (χ1v) is 13.6. The second kappa shape index (κ2) is 13.5. The topological polar surface area (TPSA) is 82.6 Å². The molecule has 1 saturated heterocycles. The van der Waals surface area contributed by atoms with Gasteiger partial charge in [-0.25, -0.2) is 9.97 Å². The molecule has 0 spiro atoms. The average molecular weight is 535 g/mol. The highest BCUT2D eigenvalue weighted by molar-refractivity contribution is 7.99. The maximum absolute atomic E-state index is 12.9. The highest BCUT2D eigenvalue weighted by Gasteiger charge is 2.30. The Morgan fingerprint density at radius 2 is 2.00 bits per heavy atom. The van der Waals surface area contributed by atoms with Crippen molar-refractivity contribution in [1.82, 2.24) is 20.2 Å². The molecule has 1 amide bonds. The van der Waals surface area contributed by atoms with Gasteiger partial charge in [-0.15, -0.1) is 0 Å². The predicted molar refractivity (Wildman–Crippen MR) is 149 cm³/mol. The fourth-order valence-electron chi connectivity index (χ4n) is 4.26. The zero-order valence-electron chi connectivity index (χ0n) is 22.1. The fraction of sp³-hybridized carbons (Fsp3) is 0.577. The van der Waals surface area contributed by atoms with E-state index in [1.807, 2.05) is 32.4 Å². The van der Waals surface area contributed by atoms with Crippen LogP contribution in [0.4, 0.5) is 11.5 Å². The molecule has 0 bridgehead atoms. The number of piperidine rings is 1. The van der Waals surface area contributed by atoms with E-state index >= 15 is 0 Å². The minimum atomic E-state index is -0.186. The monoisotopic (exact) mass is 534 g/mol. The van der Waals surface area contributed by atoms with E-state index in [0.29, 0.717) is 28.2 Å². The van der Waals surface area contributed by atoms with Crippen LogP contribution in [0.5, 0.6) is 0 Å². The molecule has 1 aliphatic heterocycles. The molecule has 0 saturated carbocycles. The van der Waals surface area contributed by atoms with E-state index in [9.17, 15) is 4.79 Å². The van der Waals surface area contributed by atoms with E-state index in [0.717, 1.165) is 67.7 Å². The van der Waals surface area contributed by atoms with Crippen LogP contribution < -0.4 is 15.5 Å². The van der Waals surface area contributed by atoms with Gasteiger partial charge in [-0.05, 0) is 63.9 Å². The smallest absolute Gasteiger partial charge is 0.254 e. The summed E-state index contributed by atoms with van der Waals surface area (Å²) in [6.45, 7) is 6.57. The number of amides is 1. The van der Waals surface area contributed by atoms with Gasteiger partial charge in [0.1, 0.15) is 10.8 Å². The van der Waals surface area contributed by atoms with Crippen molar-refractivity contribution in [2.75, 3.05) is 71.3 Å². The van der Waals surface area contributed by atoms with Crippen LogP contribution in [0.3, 0.4) is 0 Å². The molecule has 1 fully saturated rings. The van der Waals surface area contributed by atoms with Crippen LogP contribution in [0.2, 0.25) is 5.02 Å². The molecule has 0 aliphatic carbocycles. The van der Waals surface area contributed by atoms with Crippen molar-refractivity contribution >= 4 is 40.8 Å². The molecule has 8 nitrogen and oxygen atoms in total. The summed E-state index contributed by atoms with van der Waals surface area (Å²) in [6.07, 6.45) is 7.78. The fourth-order valence-corrected chi connectivity index (χ4v) is 5.39. The summed E-state index contributed by atoms with van der Waals surface area (Å²) in [6, 6.07) is 3.78. The molecule has 0 unspecified atom stereocenters. The standard InChI is InChI=1S/C26H39ClN6O2S/c1-26(11-16-35-5)9-14-33(15-10-26)21-17-31-22(18-30-21)36-20-8-7-19(28-2)23(24(20)27)25(34)29-12-6-13-32(3)4/h7-8,17-18,28H,6,9-16H2,1-5H3,(H,29,34). The molecule has 198 valence electrons. The predicted octanol–water partition coefficient (Wildman–Crippen LogP) is 4.65. The van der Waals surface area contributed by atoms with Gasteiger partial charge in [0.15, 0.2) is 0 Å². The molecule has 36 heavy (non-hydrogen) atoms. The van der Waals surface area contributed by atoms with Crippen LogP contribution in [0, 0.1) is 5.41 Å². The quantitative estimate of drug-likeness (QED) is 0.381. The maximum Gasteiger partial charge on any atom is 0.254 e. The van der Waals surface area contributed by atoms with Gasteiger partial charge in [0.05, 0.1) is 23.0 Å². The first kappa shape index (κ1) is 28.5. The number of nitrogens with one attached hydrogen (secondary N) is 2. The highest BCUT2D eigenvalue weighted by atomic mass is 35.5. The number of carbonyl (C=O) groups excluding carboxylic acids is 1. The number of methoxy groups -OCH3 is 1. The van der Waals surface area contributed by atoms with Crippen LogP contribution in [-0.2, 0) is 4.74 Å². The van der Waals surface area contributed by atoms with E-state index in [-0.39, 0.29) is 5.91 Å². The summed E-state index contributed by atoms with van der Waals surface area (Å²) < 4.78 is 5.28. The number of anilines is 2. The number of ether oxygens (including phenoxy) is 1. The lowest BCUT2D eigenvalue weighted by Gasteiger charge is -2.39. The lowest BCUT2D eigenvalue weighted by molar-refractivity contribution is 0.0953. The Morgan fingerprint density at radius 3 is 2.61 bits per heavy atom. The largest absolute Gasteiger partial charge is 0.387 e. The lowest BCUT2D eigenvalue weighted by Crippen LogP contribution is -2.39. The van der Waals surface area contributed by atoms with Crippen molar-refractivity contribution in [2.45, 2.75) is 42.5 Å². The molecule has 0 radical (unpaired) electrons. The number of nitrogens with zero attached hydrogens (tertiary/aromatic N) is 4. The van der Waals surface area contributed by atoms with Crippen LogP contribution in [-0.4, -0.2) is 81.8 Å². The summed E-state index contributed by atoms with van der Waals surface area (Å²) >= 11 is 8.13. The van der Waals surface area contributed by atoms with Crippen LogP contribution in [0.25, 0.3) is 0 Å². The van der Waals surface area contributed by atoms with E-state index < -0.39 is 0 Å². The summed E-state index contributed by atoms with van der Waals surface area (Å²) in [4.78, 5) is 27.4. The minimum absolute atomic E-state index is 0.186. The molecular weight excluding hydrogens is 496 g/mol. The summed E-state index contributed by atoms with van der Waals surface area (Å²) in [7, 11) is 7.58. The van der Waals surface area contributed by atoms with Crippen molar-refractivity contribution in [3.05, 3.63) is 35.1 Å². The summed E-state index contributed by atoms with van der Waals surface area (Å²) in [5.74, 6) is 0.706. The number of aromatic nitrogens is 2. The van der Waals surface area contributed by atoms with E-state index in [4.69, 9.17) is 16.3 Å². The second-order valence-corrected chi connectivity index (χ2v) is 11.3. The van der Waals surface area contributed by atoms with Gasteiger partial charge in [-0.2, -0.15) is 0 Å². The normalized spacial score (nSPS) is 15.2. The van der Waals surface area contributed by atoms with Crippen molar-refractivity contribution in [1.29, 1.82) is 0 Å². The van der Waals surface area contributed by atoms with Gasteiger partial charge in [0, 0.05) is 51.0 Å². The zero-order valence-corrected chi connectivity index (χ0v) is 23.6. The summed E-state index contributed by atoms with van der Waals surface area (Å²) in [5, 5.41) is 7.20. The van der Waals surface area contributed by atoms with Gasteiger partial charge in [0.25, 0.3) is 5.91 Å². The number of rotatable bonds is 12. The molecule has 10 heteroatoms. The molecule has 3 rings (SSSR count). The Morgan fingerprint density at radius 1 is 1.25 bits per heavy atom. The van der Waals surface area contributed by atoms with E-state index in [1.54, 1.807) is 20.4 Å². The third kappa shape index (κ3) is 7.71. The maximum atomic E-state index is 12.9. The van der Waals surface area contributed by atoms with E-state index in [1.165, 1.54) is 11.8 Å². The Kier molecular flexibility index (Phi) is 10.7. The van der Waals surface area contributed by atoms with Gasteiger partial charge in [-0.3, -0.25) is 4.79 Å². The summed E-state index contributed by atoms with van der Waals surface area (Å²) in [5.41, 5.74) is 1.46. The van der Waals surface area contributed by atoms with Gasteiger partial charge >= 0.3 is 0 Å². The molecule has 0 atom stereocenters. The van der Waals surface area contributed by atoms with Gasteiger partial charge in [0.2, 0.25) is 0 Å². The van der Waals surface area contributed by atoms with Crippen LogP contribution in [0.1, 0.15) is 43.0 Å². The number of hydrogen-bond donors (Lipinski definition) is 2. The average Bonchev–Trinajstić information content (AvgIpc) is 2.87. The molecule has 2 heterocycles. The number of benzene rings is 1. The number of halogens is 1. The SMILES string of the molecule is CNc1ccc(Sc2cnc(N3CCC(C)(CCOC)CC3)cn2)c(Cl)c1C(=O)NCCCN(C)C. The van der Waals surface area contributed by atoms with Crippen molar-refractivity contribution in [3.63, 3.8) is 0 Å². The molecule has 2 aromatic rings. The number of hydrogen-bond acceptors (Lipinski definition) is 8. The van der Waals surface area contributed by atoms with E-state index in [2.05, 4.69) is 37.3 Å². The van der Waals surface area contributed by atoms with Crippen molar-refractivity contribution < 1.29 is 9.53 Å².